The molecule has 4 aromatic rings. The summed E-state index contributed by atoms with van der Waals surface area (Å²) in [7, 11) is 0.903. The molecular formula is C26H25ClN4O6S2. The van der Waals surface area contributed by atoms with Crippen LogP contribution in [0.4, 0.5) is 16.5 Å². The Labute approximate surface area is 235 Å². The van der Waals surface area contributed by atoms with E-state index in [1.807, 2.05) is 11.4 Å². The first-order valence-corrected chi connectivity index (χ1v) is 14.2. The van der Waals surface area contributed by atoms with Crippen molar-refractivity contribution in [3.8, 4) is 28.5 Å². The van der Waals surface area contributed by atoms with Gasteiger partial charge in [0.25, 0.3) is 15.9 Å². The number of rotatable bonds is 11. The average molecular weight is 589 g/mol. The number of nitrogens with one attached hydrogen (secondary N) is 3. The van der Waals surface area contributed by atoms with Crippen molar-refractivity contribution < 1.29 is 27.4 Å². The Morgan fingerprint density at radius 3 is 2.38 bits per heavy atom. The number of halogens is 1. The lowest BCUT2D eigenvalue weighted by atomic mass is 10.1. The van der Waals surface area contributed by atoms with Gasteiger partial charge in [0.05, 0.1) is 35.5 Å². The van der Waals surface area contributed by atoms with Gasteiger partial charge in [0.15, 0.2) is 11.7 Å². The minimum absolute atomic E-state index is 0.0313. The van der Waals surface area contributed by atoms with Gasteiger partial charge in [-0.2, -0.15) is 0 Å². The number of carbonyl (C=O) groups excluding carboxylic acids is 1. The monoisotopic (exact) mass is 588 g/mol. The lowest BCUT2D eigenvalue weighted by molar-refractivity contribution is -0.118. The van der Waals surface area contributed by atoms with Crippen LogP contribution in [0.15, 0.2) is 70.9 Å². The topological polar surface area (TPSA) is 128 Å². The number of thiazole rings is 1. The van der Waals surface area contributed by atoms with Gasteiger partial charge in [-0.25, -0.2) is 13.4 Å². The predicted octanol–water partition coefficient (Wildman–Crippen LogP) is 5.34. The van der Waals surface area contributed by atoms with Gasteiger partial charge in [-0.15, -0.1) is 11.3 Å². The molecule has 1 aromatic heterocycles. The van der Waals surface area contributed by atoms with Crippen molar-refractivity contribution in [1.82, 2.24) is 4.98 Å². The number of nitrogens with zero attached hydrogens (tertiary/aromatic N) is 1. The van der Waals surface area contributed by atoms with Crippen molar-refractivity contribution in [3.63, 3.8) is 0 Å². The Balaban J connectivity index is 1.41. The van der Waals surface area contributed by atoms with Gasteiger partial charge in [-0.05, 0) is 60.7 Å². The Morgan fingerprint density at radius 2 is 1.74 bits per heavy atom. The second-order valence-corrected chi connectivity index (χ2v) is 10.9. The van der Waals surface area contributed by atoms with Crippen molar-refractivity contribution in [2.45, 2.75) is 4.90 Å². The highest BCUT2D eigenvalue weighted by molar-refractivity contribution is 7.92. The highest BCUT2D eigenvalue weighted by Gasteiger charge is 2.18. The zero-order valence-corrected chi connectivity index (χ0v) is 23.5. The molecule has 3 aromatic carbocycles. The second-order valence-electron chi connectivity index (χ2n) is 7.97. The fourth-order valence-corrected chi connectivity index (χ4v) is 5.52. The number of sulfonamides is 1. The third-order valence-corrected chi connectivity index (χ3v) is 7.94. The molecule has 0 aliphatic rings. The molecule has 4 rings (SSSR count). The first-order valence-electron chi connectivity index (χ1n) is 11.4. The number of carbonyl (C=O) groups is 1. The molecule has 1 heterocycles. The van der Waals surface area contributed by atoms with Crippen molar-refractivity contribution >= 4 is 55.4 Å². The van der Waals surface area contributed by atoms with Gasteiger partial charge in [0, 0.05) is 23.7 Å². The summed E-state index contributed by atoms with van der Waals surface area (Å²) in [6, 6.07) is 15.7. The van der Waals surface area contributed by atoms with Crippen LogP contribution in [-0.2, 0) is 14.8 Å². The molecular weight excluding hydrogens is 564 g/mol. The molecule has 39 heavy (non-hydrogen) atoms. The minimum Gasteiger partial charge on any atom is -0.497 e. The zero-order chi connectivity index (χ0) is 28.0. The lowest BCUT2D eigenvalue weighted by Crippen LogP contribution is -2.20. The van der Waals surface area contributed by atoms with E-state index in [1.54, 1.807) is 43.4 Å². The van der Waals surface area contributed by atoms with Crippen molar-refractivity contribution in [2.24, 2.45) is 0 Å². The number of aromatic nitrogens is 1. The van der Waals surface area contributed by atoms with Crippen LogP contribution >= 0.6 is 22.9 Å². The van der Waals surface area contributed by atoms with E-state index in [0.29, 0.717) is 22.9 Å². The third-order valence-electron chi connectivity index (χ3n) is 5.40. The van der Waals surface area contributed by atoms with Crippen LogP contribution in [0.5, 0.6) is 17.2 Å². The summed E-state index contributed by atoms with van der Waals surface area (Å²) in [4.78, 5) is 17.1. The van der Waals surface area contributed by atoms with Gasteiger partial charge < -0.3 is 24.8 Å². The van der Waals surface area contributed by atoms with E-state index >= 15 is 0 Å². The van der Waals surface area contributed by atoms with Crippen molar-refractivity contribution in [2.75, 3.05) is 43.2 Å². The summed E-state index contributed by atoms with van der Waals surface area (Å²) in [5, 5.41) is 8.47. The number of methoxy groups -OCH3 is 2. The Hall–Kier alpha value is -4.00. The van der Waals surface area contributed by atoms with Gasteiger partial charge in [-0.3, -0.25) is 9.52 Å². The average Bonchev–Trinajstić information content (AvgIpc) is 3.42. The molecule has 10 nitrogen and oxygen atoms in total. The van der Waals surface area contributed by atoms with E-state index in [9.17, 15) is 13.2 Å². The van der Waals surface area contributed by atoms with Crippen molar-refractivity contribution in [3.05, 3.63) is 71.1 Å². The largest absolute Gasteiger partial charge is 0.497 e. The van der Waals surface area contributed by atoms with E-state index < -0.39 is 15.9 Å². The fraction of sp³-hybridized carbons (Fsp3) is 0.154. The summed E-state index contributed by atoms with van der Waals surface area (Å²) in [6.07, 6.45) is 0. The summed E-state index contributed by atoms with van der Waals surface area (Å²) < 4.78 is 44.0. The molecule has 3 N–H and O–H groups in total. The Kier molecular flexibility index (Phi) is 8.79. The zero-order valence-electron chi connectivity index (χ0n) is 21.1. The number of amides is 1. The van der Waals surface area contributed by atoms with Crippen LogP contribution in [0.2, 0.25) is 5.02 Å². The summed E-state index contributed by atoms with van der Waals surface area (Å²) in [6.45, 7) is -0.371. The molecule has 13 heteroatoms. The third kappa shape index (κ3) is 6.91. The quantitative estimate of drug-likeness (QED) is 0.214. The molecule has 0 radical (unpaired) electrons. The lowest BCUT2D eigenvalue weighted by Gasteiger charge is -2.13. The number of ether oxygens (including phenoxy) is 3. The van der Waals surface area contributed by atoms with Crippen molar-refractivity contribution in [1.29, 1.82) is 0 Å². The molecule has 0 saturated heterocycles. The molecule has 0 fully saturated rings. The molecule has 0 atom stereocenters. The standard InChI is InChI=1S/C26H25ClN4O6S2/c1-28-26-30-22(15-38-26)16-4-10-24(36-3)21(12-16)29-25(32)14-37-23-11-9-19(13-20(23)27)39(33,34)31-17-5-7-18(35-2)8-6-17/h4-13,15,31H,14H2,1-3H3,(H,28,30)(H,29,32). The molecule has 0 aliphatic carbocycles. The molecule has 0 saturated carbocycles. The first kappa shape index (κ1) is 28.0. The molecule has 0 bridgehead atoms. The van der Waals surface area contributed by atoms with Gasteiger partial charge in [-0.1, -0.05) is 11.6 Å². The number of hydrogen-bond donors (Lipinski definition) is 3. The van der Waals surface area contributed by atoms with Crippen LogP contribution in [-0.4, -0.2) is 47.2 Å². The normalized spacial score (nSPS) is 11.0. The smallest absolute Gasteiger partial charge is 0.262 e. The molecule has 0 spiro atoms. The fourth-order valence-electron chi connectivity index (χ4n) is 3.45. The van der Waals surface area contributed by atoms with Gasteiger partial charge in [0.2, 0.25) is 0 Å². The highest BCUT2D eigenvalue weighted by Crippen LogP contribution is 2.33. The van der Waals surface area contributed by atoms with E-state index in [2.05, 4.69) is 20.3 Å². The maximum absolute atomic E-state index is 12.8. The van der Waals surface area contributed by atoms with Crippen LogP contribution in [0.3, 0.4) is 0 Å². The van der Waals surface area contributed by atoms with Crippen LogP contribution in [0, 0.1) is 0 Å². The van der Waals surface area contributed by atoms with E-state index in [4.69, 9.17) is 25.8 Å². The van der Waals surface area contributed by atoms with E-state index in [0.717, 1.165) is 16.4 Å². The van der Waals surface area contributed by atoms with E-state index in [-0.39, 0.29) is 22.3 Å². The Morgan fingerprint density at radius 1 is 1.00 bits per heavy atom. The molecule has 0 unspecified atom stereocenters. The maximum atomic E-state index is 12.8. The summed E-state index contributed by atoms with van der Waals surface area (Å²) >= 11 is 7.74. The SMILES string of the molecule is CNc1nc(-c2ccc(OC)c(NC(=O)COc3ccc(S(=O)(=O)Nc4ccc(OC)cc4)cc3Cl)c2)cs1. The second kappa shape index (κ2) is 12.2. The molecule has 204 valence electrons. The summed E-state index contributed by atoms with van der Waals surface area (Å²) in [5.74, 6) is 0.750. The predicted molar refractivity (Wildman–Crippen MR) is 153 cm³/mol. The van der Waals surface area contributed by atoms with Crippen LogP contribution in [0.25, 0.3) is 11.3 Å². The Bertz CT molecular complexity index is 1580. The van der Waals surface area contributed by atoms with Gasteiger partial charge in [0.1, 0.15) is 17.2 Å². The van der Waals surface area contributed by atoms with Gasteiger partial charge >= 0.3 is 0 Å². The molecule has 1 amide bonds. The van der Waals surface area contributed by atoms with Crippen LogP contribution in [0.1, 0.15) is 0 Å². The minimum atomic E-state index is -3.91. The number of hydrogen-bond acceptors (Lipinski definition) is 9. The maximum Gasteiger partial charge on any atom is 0.262 e. The summed E-state index contributed by atoms with van der Waals surface area (Å²) in [5.41, 5.74) is 2.36. The number of anilines is 3. The van der Waals surface area contributed by atoms with Crippen LogP contribution < -0.4 is 29.6 Å². The number of benzene rings is 3. The van der Waals surface area contributed by atoms with E-state index in [1.165, 1.54) is 43.8 Å². The molecule has 0 aliphatic heterocycles. The first-order chi connectivity index (χ1) is 18.7. The highest BCUT2D eigenvalue weighted by atomic mass is 35.5.